The molecule has 0 aliphatic rings. The van der Waals surface area contributed by atoms with Gasteiger partial charge in [-0.2, -0.15) is 0 Å². The van der Waals surface area contributed by atoms with E-state index >= 15 is 0 Å². The lowest BCUT2D eigenvalue weighted by molar-refractivity contribution is 0.569. The topological polar surface area (TPSA) is 80.3 Å². The Labute approximate surface area is 170 Å². The molecular weight excluding hydrogens is 414 g/mol. The van der Waals surface area contributed by atoms with E-state index in [9.17, 15) is 16.8 Å². The number of rotatable bonds is 7. The van der Waals surface area contributed by atoms with Gasteiger partial charge in [0.25, 0.3) is 0 Å². The predicted octanol–water partition coefficient (Wildman–Crippen LogP) is 3.86. The molecule has 1 heterocycles. The number of hydrogen-bond acceptors (Lipinski definition) is 5. The molecule has 0 radical (unpaired) electrons. The van der Waals surface area contributed by atoms with Gasteiger partial charge in [0.15, 0.2) is 9.84 Å². The highest BCUT2D eigenvalue weighted by atomic mass is 32.2. The van der Waals surface area contributed by atoms with Crippen LogP contribution in [0.25, 0.3) is 0 Å². The number of nitrogens with one attached hydrogen (secondary N) is 1. The SMILES string of the molecule is Cc1ccc(S(=O)(=O)NC[C@H](c2ccccc2)S(=O)(=O)c2cccs2)cc1C. The van der Waals surface area contributed by atoms with Crippen LogP contribution in [-0.4, -0.2) is 23.4 Å². The number of aryl methyl sites for hydroxylation is 2. The van der Waals surface area contributed by atoms with Crippen LogP contribution in [0, 0.1) is 13.8 Å². The molecule has 1 N–H and O–H groups in total. The summed E-state index contributed by atoms with van der Waals surface area (Å²) in [7, 11) is -7.58. The monoisotopic (exact) mass is 435 g/mol. The minimum Gasteiger partial charge on any atom is -0.222 e. The van der Waals surface area contributed by atoms with Gasteiger partial charge >= 0.3 is 0 Å². The zero-order valence-electron chi connectivity index (χ0n) is 15.5. The molecular formula is C20H21NO4S3. The average Bonchev–Trinajstić information content (AvgIpc) is 3.20. The molecule has 2 aromatic carbocycles. The highest BCUT2D eigenvalue weighted by molar-refractivity contribution is 7.93. The summed E-state index contributed by atoms with van der Waals surface area (Å²) in [5.41, 5.74) is 2.38. The molecule has 0 spiro atoms. The number of hydrogen-bond donors (Lipinski definition) is 1. The van der Waals surface area contributed by atoms with Crippen LogP contribution in [0.2, 0.25) is 0 Å². The van der Waals surface area contributed by atoms with Crippen LogP contribution in [0.1, 0.15) is 21.9 Å². The summed E-state index contributed by atoms with van der Waals surface area (Å²) in [6.07, 6.45) is 0. The largest absolute Gasteiger partial charge is 0.240 e. The first-order valence-corrected chi connectivity index (χ1v) is 12.5. The first-order chi connectivity index (χ1) is 13.2. The van der Waals surface area contributed by atoms with Crippen molar-refractivity contribution in [2.75, 3.05) is 6.54 Å². The molecule has 0 amide bonds. The minimum absolute atomic E-state index is 0.121. The summed E-state index contributed by atoms with van der Waals surface area (Å²) in [5, 5.41) is 0.669. The maximum Gasteiger partial charge on any atom is 0.240 e. The third-order valence-corrected chi connectivity index (χ3v) is 9.52. The van der Waals surface area contributed by atoms with Crippen molar-refractivity contribution >= 4 is 31.2 Å². The molecule has 3 rings (SSSR count). The molecule has 0 unspecified atom stereocenters. The average molecular weight is 436 g/mol. The molecule has 3 aromatic rings. The fourth-order valence-corrected chi connectivity index (χ4v) is 6.89. The summed E-state index contributed by atoms with van der Waals surface area (Å²) < 4.78 is 54.4. The van der Waals surface area contributed by atoms with E-state index in [4.69, 9.17) is 0 Å². The van der Waals surface area contributed by atoms with Crippen molar-refractivity contribution in [3.8, 4) is 0 Å². The van der Waals surface area contributed by atoms with Crippen molar-refractivity contribution < 1.29 is 16.8 Å². The maximum absolute atomic E-state index is 13.1. The van der Waals surface area contributed by atoms with E-state index < -0.39 is 25.1 Å². The summed E-state index contributed by atoms with van der Waals surface area (Å²) >= 11 is 1.12. The van der Waals surface area contributed by atoms with Gasteiger partial charge in [0.2, 0.25) is 10.0 Å². The highest BCUT2D eigenvalue weighted by Crippen LogP contribution is 2.31. The molecule has 0 saturated heterocycles. The maximum atomic E-state index is 13.1. The Balaban J connectivity index is 1.93. The Kier molecular flexibility index (Phi) is 6.04. The van der Waals surface area contributed by atoms with E-state index in [1.54, 1.807) is 53.9 Å². The van der Waals surface area contributed by atoms with Crippen LogP contribution < -0.4 is 4.72 Å². The first-order valence-electron chi connectivity index (χ1n) is 8.61. The first kappa shape index (κ1) is 20.7. The summed E-state index contributed by atoms with van der Waals surface area (Å²) in [6, 6.07) is 16.7. The second kappa shape index (κ2) is 8.16. The van der Waals surface area contributed by atoms with Gasteiger partial charge in [-0.05, 0) is 54.1 Å². The Hall–Kier alpha value is -2.00. The zero-order valence-corrected chi connectivity index (χ0v) is 17.9. The van der Waals surface area contributed by atoms with E-state index in [2.05, 4.69) is 4.72 Å². The molecule has 0 saturated carbocycles. The molecule has 0 bridgehead atoms. The van der Waals surface area contributed by atoms with E-state index in [1.807, 2.05) is 13.8 Å². The lowest BCUT2D eigenvalue weighted by Gasteiger charge is -2.18. The van der Waals surface area contributed by atoms with Gasteiger partial charge < -0.3 is 0 Å². The fourth-order valence-electron chi connectivity index (χ4n) is 2.79. The van der Waals surface area contributed by atoms with Gasteiger partial charge in [-0.25, -0.2) is 21.6 Å². The number of thiophene rings is 1. The van der Waals surface area contributed by atoms with Gasteiger partial charge in [-0.15, -0.1) is 11.3 Å². The molecule has 8 heteroatoms. The Morgan fingerprint density at radius 3 is 2.21 bits per heavy atom. The van der Waals surface area contributed by atoms with Gasteiger partial charge in [-0.3, -0.25) is 0 Å². The predicted molar refractivity (Wildman–Crippen MR) is 112 cm³/mol. The molecule has 0 fully saturated rings. The Morgan fingerprint density at radius 1 is 0.893 bits per heavy atom. The molecule has 5 nitrogen and oxygen atoms in total. The third-order valence-electron chi connectivity index (χ3n) is 4.57. The second-order valence-electron chi connectivity index (χ2n) is 6.47. The number of sulfone groups is 1. The van der Waals surface area contributed by atoms with Gasteiger partial charge in [-0.1, -0.05) is 42.5 Å². The standard InChI is InChI=1S/C20H21NO4S3/c1-15-10-11-18(13-16(15)2)28(24,25)21-14-19(17-7-4-3-5-8-17)27(22,23)20-9-6-12-26-20/h3-13,19,21H,14H2,1-2H3/t19-/m1/s1. The van der Waals surface area contributed by atoms with Crippen molar-refractivity contribution in [2.45, 2.75) is 28.2 Å². The van der Waals surface area contributed by atoms with Crippen LogP contribution in [0.4, 0.5) is 0 Å². The zero-order chi connectivity index (χ0) is 20.4. The summed E-state index contributed by atoms with van der Waals surface area (Å²) in [5.74, 6) is 0. The van der Waals surface area contributed by atoms with Crippen LogP contribution in [0.15, 0.2) is 75.1 Å². The lowest BCUT2D eigenvalue weighted by Crippen LogP contribution is -2.31. The van der Waals surface area contributed by atoms with Crippen molar-refractivity contribution in [3.05, 3.63) is 82.7 Å². The normalized spacial score (nSPS) is 13.4. The minimum atomic E-state index is -3.84. The quantitative estimate of drug-likeness (QED) is 0.611. The van der Waals surface area contributed by atoms with Gasteiger partial charge in [0.1, 0.15) is 9.46 Å². The molecule has 1 aromatic heterocycles. The Bertz CT molecular complexity index is 1150. The van der Waals surface area contributed by atoms with Gasteiger partial charge in [0.05, 0.1) is 4.90 Å². The van der Waals surface area contributed by atoms with Crippen LogP contribution in [0.3, 0.4) is 0 Å². The molecule has 28 heavy (non-hydrogen) atoms. The van der Waals surface area contributed by atoms with E-state index in [0.717, 1.165) is 22.5 Å². The summed E-state index contributed by atoms with van der Waals surface area (Å²) in [4.78, 5) is 0.121. The smallest absolute Gasteiger partial charge is 0.222 e. The van der Waals surface area contributed by atoms with E-state index in [0.29, 0.717) is 5.56 Å². The fraction of sp³-hybridized carbons (Fsp3) is 0.200. The third kappa shape index (κ3) is 4.35. The molecule has 148 valence electrons. The van der Waals surface area contributed by atoms with Crippen LogP contribution in [-0.2, 0) is 19.9 Å². The molecule has 0 aliphatic heterocycles. The highest BCUT2D eigenvalue weighted by Gasteiger charge is 2.31. The van der Waals surface area contributed by atoms with Crippen molar-refractivity contribution in [1.29, 1.82) is 0 Å². The number of benzene rings is 2. The lowest BCUT2D eigenvalue weighted by atomic mass is 10.1. The van der Waals surface area contributed by atoms with Gasteiger partial charge in [0, 0.05) is 6.54 Å². The molecule has 1 atom stereocenters. The Morgan fingerprint density at radius 2 is 1.61 bits per heavy atom. The second-order valence-corrected chi connectivity index (χ2v) is 11.5. The van der Waals surface area contributed by atoms with E-state index in [1.165, 1.54) is 12.1 Å². The van der Waals surface area contributed by atoms with Crippen molar-refractivity contribution in [1.82, 2.24) is 4.72 Å². The van der Waals surface area contributed by atoms with Crippen molar-refractivity contribution in [3.63, 3.8) is 0 Å². The number of sulfonamides is 1. The summed E-state index contributed by atoms with van der Waals surface area (Å²) in [6.45, 7) is 3.49. The van der Waals surface area contributed by atoms with Crippen molar-refractivity contribution in [2.24, 2.45) is 0 Å². The van der Waals surface area contributed by atoms with Crippen LogP contribution >= 0.6 is 11.3 Å². The van der Waals surface area contributed by atoms with Crippen LogP contribution in [0.5, 0.6) is 0 Å². The van der Waals surface area contributed by atoms with E-state index in [-0.39, 0.29) is 15.6 Å². The molecule has 0 aliphatic carbocycles.